The van der Waals surface area contributed by atoms with Gasteiger partial charge in [-0.25, -0.2) is 4.98 Å². The minimum absolute atomic E-state index is 0.214. The van der Waals surface area contributed by atoms with Crippen molar-refractivity contribution in [1.82, 2.24) is 4.98 Å². The summed E-state index contributed by atoms with van der Waals surface area (Å²) in [6.07, 6.45) is 2.98. The Morgan fingerprint density at radius 2 is 1.82 bits per heavy atom. The first-order valence-corrected chi connectivity index (χ1v) is 6.57. The number of rotatable bonds is 3. The summed E-state index contributed by atoms with van der Waals surface area (Å²) in [6, 6.07) is 15.8. The molecule has 1 aromatic heterocycles. The van der Waals surface area contributed by atoms with E-state index >= 15 is 0 Å². The standard InChI is InChI=1S/C17H11N3O2/c18-9-12-1-7-15(8-2-12)20-17(21)14-5-3-13(4-6-14)16-10-19-11-22-16/h1-8,10-11H,(H,20,21). The third-order valence-electron chi connectivity index (χ3n) is 3.14. The topological polar surface area (TPSA) is 78.9 Å². The van der Waals surface area contributed by atoms with Gasteiger partial charge in [0.15, 0.2) is 12.2 Å². The molecule has 5 nitrogen and oxygen atoms in total. The molecule has 1 amide bonds. The first-order chi connectivity index (χ1) is 10.8. The molecule has 22 heavy (non-hydrogen) atoms. The van der Waals surface area contributed by atoms with Crippen LogP contribution in [-0.4, -0.2) is 10.9 Å². The third kappa shape index (κ3) is 2.86. The number of aromatic nitrogens is 1. The van der Waals surface area contributed by atoms with Crippen molar-refractivity contribution in [2.45, 2.75) is 0 Å². The third-order valence-corrected chi connectivity index (χ3v) is 3.14. The predicted molar refractivity (Wildman–Crippen MR) is 81.0 cm³/mol. The first kappa shape index (κ1) is 13.6. The number of benzene rings is 2. The Kier molecular flexibility index (Phi) is 3.67. The summed E-state index contributed by atoms with van der Waals surface area (Å²) in [4.78, 5) is 16.0. The second kappa shape index (κ2) is 5.94. The predicted octanol–water partition coefficient (Wildman–Crippen LogP) is 3.47. The lowest BCUT2D eigenvalue weighted by atomic mass is 10.1. The minimum atomic E-state index is -0.214. The van der Waals surface area contributed by atoms with Gasteiger partial charge >= 0.3 is 0 Å². The van der Waals surface area contributed by atoms with Gasteiger partial charge in [-0.3, -0.25) is 4.79 Å². The minimum Gasteiger partial charge on any atom is -0.444 e. The van der Waals surface area contributed by atoms with Gasteiger partial charge in [-0.15, -0.1) is 0 Å². The van der Waals surface area contributed by atoms with Gasteiger partial charge in [0.25, 0.3) is 5.91 Å². The Labute approximate surface area is 126 Å². The van der Waals surface area contributed by atoms with E-state index < -0.39 is 0 Å². The second-order valence-electron chi connectivity index (χ2n) is 4.59. The summed E-state index contributed by atoms with van der Waals surface area (Å²) >= 11 is 0. The highest BCUT2D eigenvalue weighted by Gasteiger charge is 2.07. The van der Waals surface area contributed by atoms with E-state index in [-0.39, 0.29) is 5.91 Å². The Morgan fingerprint density at radius 1 is 1.09 bits per heavy atom. The summed E-state index contributed by atoms with van der Waals surface area (Å²) in [7, 11) is 0. The number of anilines is 1. The summed E-state index contributed by atoms with van der Waals surface area (Å²) in [5, 5.41) is 11.5. The molecule has 1 N–H and O–H groups in total. The molecular formula is C17H11N3O2. The van der Waals surface area contributed by atoms with Crippen molar-refractivity contribution in [1.29, 1.82) is 5.26 Å². The average Bonchev–Trinajstić information content (AvgIpc) is 3.10. The van der Waals surface area contributed by atoms with Crippen LogP contribution >= 0.6 is 0 Å². The highest BCUT2D eigenvalue weighted by Crippen LogP contribution is 2.19. The molecule has 0 saturated carbocycles. The number of hydrogen-bond donors (Lipinski definition) is 1. The summed E-state index contributed by atoms with van der Waals surface area (Å²) in [6.45, 7) is 0. The molecule has 0 unspecified atom stereocenters. The Hall–Kier alpha value is -3.39. The molecule has 0 atom stereocenters. The summed E-state index contributed by atoms with van der Waals surface area (Å²) in [5.41, 5.74) is 2.58. The van der Waals surface area contributed by atoms with Crippen LogP contribution in [0.25, 0.3) is 11.3 Å². The van der Waals surface area contributed by atoms with Crippen molar-refractivity contribution in [3.8, 4) is 17.4 Å². The number of nitrogens with one attached hydrogen (secondary N) is 1. The molecule has 0 bridgehead atoms. The monoisotopic (exact) mass is 289 g/mol. The molecule has 1 heterocycles. The lowest BCUT2D eigenvalue weighted by Gasteiger charge is -2.05. The van der Waals surface area contributed by atoms with Gasteiger partial charge in [-0.1, -0.05) is 12.1 Å². The Balaban J connectivity index is 1.73. The number of carbonyl (C=O) groups is 1. The van der Waals surface area contributed by atoms with Crippen LogP contribution in [0.3, 0.4) is 0 Å². The zero-order valence-electron chi connectivity index (χ0n) is 11.5. The fourth-order valence-corrected chi connectivity index (χ4v) is 1.98. The molecule has 0 aliphatic rings. The van der Waals surface area contributed by atoms with Gasteiger partial charge in [0, 0.05) is 16.8 Å². The zero-order valence-corrected chi connectivity index (χ0v) is 11.5. The maximum Gasteiger partial charge on any atom is 0.255 e. The Morgan fingerprint density at radius 3 is 2.41 bits per heavy atom. The van der Waals surface area contributed by atoms with Crippen LogP contribution in [0.5, 0.6) is 0 Å². The number of nitrogens with zero attached hydrogens (tertiary/aromatic N) is 2. The van der Waals surface area contributed by atoms with Crippen LogP contribution in [0, 0.1) is 11.3 Å². The lowest BCUT2D eigenvalue weighted by molar-refractivity contribution is 0.102. The average molecular weight is 289 g/mol. The molecule has 3 aromatic rings. The molecule has 3 rings (SSSR count). The largest absolute Gasteiger partial charge is 0.444 e. The van der Waals surface area contributed by atoms with Crippen LogP contribution in [0.15, 0.2) is 65.5 Å². The molecule has 0 aliphatic heterocycles. The highest BCUT2D eigenvalue weighted by atomic mass is 16.3. The smallest absolute Gasteiger partial charge is 0.255 e. The van der Waals surface area contributed by atoms with Gasteiger partial charge in [0.2, 0.25) is 0 Å². The Bertz CT molecular complexity index is 814. The highest BCUT2D eigenvalue weighted by molar-refractivity contribution is 6.04. The number of amides is 1. The van der Waals surface area contributed by atoms with E-state index in [1.54, 1.807) is 54.7 Å². The van der Waals surface area contributed by atoms with E-state index in [9.17, 15) is 4.79 Å². The molecule has 106 valence electrons. The zero-order chi connectivity index (χ0) is 15.4. The van der Waals surface area contributed by atoms with Gasteiger partial charge in [-0.2, -0.15) is 5.26 Å². The molecular weight excluding hydrogens is 278 g/mol. The van der Waals surface area contributed by atoms with Gasteiger partial charge in [-0.05, 0) is 36.4 Å². The SMILES string of the molecule is N#Cc1ccc(NC(=O)c2ccc(-c3cnco3)cc2)cc1. The van der Waals surface area contributed by atoms with Gasteiger partial charge in [0.1, 0.15) is 0 Å². The molecule has 0 radical (unpaired) electrons. The van der Waals surface area contributed by atoms with E-state index in [1.807, 2.05) is 6.07 Å². The quantitative estimate of drug-likeness (QED) is 0.800. The molecule has 0 saturated heterocycles. The summed E-state index contributed by atoms with van der Waals surface area (Å²) < 4.78 is 5.20. The van der Waals surface area contributed by atoms with E-state index in [0.717, 1.165) is 5.56 Å². The van der Waals surface area contributed by atoms with Crippen molar-refractivity contribution in [3.63, 3.8) is 0 Å². The molecule has 0 spiro atoms. The fraction of sp³-hybridized carbons (Fsp3) is 0. The number of nitriles is 1. The van der Waals surface area contributed by atoms with Crippen molar-refractivity contribution < 1.29 is 9.21 Å². The molecule has 5 heteroatoms. The van der Waals surface area contributed by atoms with E-state index in [4.69, 9.17) is 9.68 Å². The van der Waals surface area contributed by atoms with Crippen LogP contribution in [0.1, 0.15) is 15.9 Å². The first-order valence-electron chi connectivity index (χ1n) is 6.57. The van der Waals surface area contributed by atoms with Crippen molar-refractivity contribution in [2.75, 3.05) is 5.32 Å². The van der Waals surface area contributed by atoms with Crippen molar-refractivity contribution >= 4 is 11.6 Å². The van der Waals surface area contributed by atoms with E-state index in [1.165, 1.54) is 6.39 Å². The number of hydrogen-bond acceptors (Lipinski definition) is 4. The van der Waals surface area contributed by atoms with E-state index in [0.29, 0.717) is 22.6 Å². The van der Waals surface area contributed by atoms with Crippen molar-refractivity contribution in [2.24, 2.45) is 0 Å². The van der Waals surface area contributed by atoms with Gasteiger partial charge in [0.05, 0.1) is 17.8 Å². The second-order valence-corrected chi connectivity index (χ2v) is 4.59. The van der Waals surface area contributed by atoms with Crippen molar-refractivity contribution in [3.05, 3.63) is 72.2 Å². The maximum absolute atomic E-state index is 12.2. The van der Waals surface area contributed by atoms with Crippen LogP contribution in [-0.2, 0) is 0 Å². The van der Waals surface area contributed by atoms with Gasteiger partial charge < -0.3 is 9.73 Å². The number of oxazole rings is 1. The maximum atomic E-state index is 12.2. The lowest BCUT2D eigenvalue weighted by Crippen LogP contribution is -2.11. The summed E-state index contributed by atoms with van der Waals surface area (Å²) in [5.74, 6) is 0.438. The van der Waals surface area contributed by atoms with Crippen LogP contribution in [0.4, 0.5) is 5.69 Å². The van der Waals surface area contributed by atoms with Crippen LogP contribution in [0.2, 0.25) is 0 Å². The molecule has 0 fully saturated rings. The molecule has 2 aromatic carbocycles. The van der Waals surface area contributed by atoms with Crippen LogP contribution < -0.4 is 5.32 Å². The number of carbonyl (C=O) groups excluding carboxylic acids is 1. The normalized spacial score (nSPS) is 9.95. The fourth-order valence-electron chi connectivity index (χ4n) is 1.98. The molecule has 0 aliphatic carbocycles. The van der Waals surface area contributed by atoms with E-state index in [2.05, 4.69) is 10.3 Å².